The average Bonchev–Trinajstić information content (AvgIpc) is 2.29. The smallest absolute Gasteiger partial charge is 0.152 e. The minimum absolute atomic E-state index is 0.696. The van der Waals surface area contributed by atoms with Crippen LogP contribution in [0, 0.1) is 0 Å². The summed E-state index contributed by atoms with van der Waals surface area (Å²) in [5.41, 5.74) is 1.62. The van der Waals surface area contributed by atoms with Gasteiger partial charge in [-0.25, -0.2) is 0 Å². The van der Waals surface area contributed by atoms with Crippen LogP contribution in [-0.2, 0) is 0 Å². The molecule has 1 rings (SSSR count). The van der Waals surface area contributed by atoms with Crippen LogP contribution in [0.15, 0.2) is 49.6 Å². The first kappa shape index (κ1) is 11.2. The minimum Gasteiger partial charge on any atom is -0.364 e. The lowest BCUT2D eigenvalue weighted by molar-refractivity contribution is 0.112. The lowest BCUT2D eigenvalue weighted by Gasteiger charge is -2.22. The van der Waals surface area contributed by atoms with Crippen molar-refractivity contribution in [1.29, 1.82) is 0 Å². The van der Waals surface area contributed by atoms with Gasteiger partial charge in [0.25, 0.3) is 0 Å². The molecule has 1 aromatic carbocycles. The maximum Gasteiger partial charge on any atom is 0.152 e. The zero-order valence-corrected chi connectivity index (χ0v) is 8.73. The molecule has 78 valence electrons. The van der Waals surface area contributed by atoms with Crippen LogP contribution in [-0.4, -0.2) is 19.4 Å². The maximum absolute atomic E-state index is 10.9. The summed E-state index contributed by atoms with van der Waals surface area (Å²) < 4.78 is 0. The van der Waals surface area contributed by atoms with E-state index in [1.807, 2.05) is 41.3 Å². The van der Waals surface area contributed by atoms with Gasteiger partial charge < -0.3 is 4.90 Å². The number of rotatable bonds is 6. The fourth-order valence-corrected chi connectivity index (χ4v) is 1.46. The van der Waals surface area contributed by atoms with Crippen molar-refractivity contribution >= 4 is 12.0 Å². The van der Waals surface area contributed by atoms with Gasteiger partial charge in [-0.05, 0) is 12.1 Å². The zero-order valence-electron chi connectivity index (χ0n) is 8.73. The summed E-state index contributed by atoms with van der Waals surface area (Å²) in [7, 11) is 0. The van der Waals surface area contributed by atoms with E-state index in [0.717, 1.165) is 12.0 Å². The molecule has 0 aliphatic rings. The Morgan fingerprint density at radius 3 is 2.27 bits per heavy atom. The molecule has 0 radical (unpaired) electrons. The Kier molecular flexibility index (Phi) is 4.35. The molecule has 0 spiro atoms. The molecule has 0 atom stereocenters. The molecule has 1 aromatic rings. The first-order valence-corrected chi connectivity index (χ1v) is 4.84. The van der Waals surface area contributed by atoms with Crippen molar-refractivity contribution in [2.45, 2.75) is 0 Å². The summed E-state index contributed by atoms with van der Waals surface area (Å²) in [5, 5.41) is 0. The van der Waals surface area contributed by atoms with Crippen LogP contribution >= 0.6 is 0 Å². The fourth-order valence-electron chi connectivity index (χ4n) is 1.46. The zero-order chi connectivity index (χ0) is 11.1. The summed E-state index contributed by atoms with van der Waals surface area (Å²) in [6.07, 6.45) is 4.49. The van der Waals surface area contributed by atoms with Gasteiger partial charge in [-0.3, -0.25) is 4.79 Å². The molecule has 0 saturated carbocycles. The van der Waals surface area contributed by atoms with Crippen molar-refractivity contribution in [3.63, 3.8) is 0 Å². The van der Waals surface area contributed by atoms with Crippen molar-refractivity contribution in [3.8, 4) is 0 Å². The highest BCUT2D eigenvalue weighted by atomic mass is 16.1. The number of hydrogen-bond donors (Lipinski definition) is 0. The molecular formula is C13H15NO. The van der Waals surface area contributed by atoms with Crippen molar-refractivity contribution < 1.29 is 4.79 Å². The summed E-state index contributed by atoms with van der Waals surface area (Å²) >= 11 is 0. The van der Waals surface area contributed by atoms with Gasteiger partial charge in [0.15, 0.2) is 6.29 Å². The Morgan fingerprint density at radius 1 is 1.13 bits per heavy atom. The number of anilines is 1. The maximum atomic E-state index is 10.9. The van der Waals surface area contributed by atoms with Gasteiger partial charge in [-0.2, -0.15) is 0 Å². The normalized spacial score (nSPS) is 9.33. The molecule has 0 aliphatic carbocycles. The van der Waals surface area contributed by atoms with Crippen molar-refractivity contribution in [3.05, 3.63) is 55.1 Å². The third kappa shape index (κ3) is 2.81. The van der Waals surface area contributed by atoms with Gasteiger partial charge in [0.1, 0.15) is 0 Å². The molecular weight excluding hydrogens is 186 g/mol. The highest BCUT2D eigenvalue weighted by Gasteiger charge is 2.06. The van der Waals surface area contributed by atoms with E-state index < -0.39 is 0 Å². The molecule has 2 nitrogen and oxygen atoms in total. The highest BCUT2D eigenvalue weighted by Crippen LogP contribution is 2.18. The molecule has 0 aromatic heterocycles. The quantitative estimate of drug-likeness (QED) is 0.521. The molecule has 2 heteroatoms. The highest BCUT2D eigenvalue weighted by molar-refractivity contribution is 5.84. The second-order valence-corrected chi connectivity index (χ2v) is 3.16. The van der Waals surface area contributed by atoms with Crippen LogP contribution in [0.1, 0.15) is 10.4 Å². The van der Waals surface area contributed by atoms with Crippen LogP contribution in [0.5, 0.6) is 0 Å². The van der Waals surface area contributed by atoms with E-state index in [0.29, 0.717) is 18.7 Å². The summed E-state index contributed by atoms with van der Waals surface area (Å²) in [6, 6.07) is 7.51. The van der Waals surface area contributed by atoms with E-state index in [-0.39, 0.29) is 0 Å². The number of hydrogen-bond acceptors (Lipinski definition) is 2. The monoisotopic (exact) mass is 201 g/mol. The lowest BCUT2D eigenvalue weighted by Crippen LogP contribution is -2.24. The van der Waals surface area contributed by atoms with E-state index in [4.69, 9.17) is 0 Å². The number of carbonyl (C=O) groups is 1. The molecule has 0 N–H and O–H groups in total. The second kappa shape index (κ2) is 5.81. The predicted octanol–water partition coefficient (Wildman–Crippen LogP) is 2.68. The Balaban J connectivity index is 3.02. The molecule has 0 aliphatic heterocycles. The van der Waals surface area contributed by atoms with Crippen LogP contribution in [0.25, 0.3) is 0 Å². The van der Waals surface area contributed by atoms with Crippen molar-refractivity contribution in [2.75, 3.05) is 18.0 Å². The summed E-state index contributed by atoms with van der Waals surface area (Å²) in [6.45, 7) is 8.81. The van der Waals surface area contributed by atoms with E-state index in [2.05, 4.69) is 13.2 Å². The van der Waals surface area contributed by atoms with Crippen LogP contribution in [0.4, 0.5) is 5.69 Å². The van der Waals surface area contributed by atoms with Gasteiger partial charge in [-0.1, -0.05) is 24.3 Å². The SMILES string of the molecule is C=CCN(CC=C)c1ccccc1C=O. The van der Waals surface area contributed by atoms with Gasteiger partial charge in [0.2, 0.25) is 0 Å². The number of nitrogens with zero attached hydrogens (tertiary/aromatic N) is 1. The Labute approximate surface area is 90.5 Å². The van der Waals surface area contributed by atoms with Gasteiger partial charge in [-0.15, -0.1) is 13.2 Å². The van der Waals surface area contributed by atoms with E-state index in [9.17, 15) is 4.79 Å². The number of aldehydes is 1. The minimum atomic E-state index is 0.696. The Morgan fingerprint density at radius 2 is 1.73 bits per heavy atom. The van der Waals surface area contributed by atoms with Gasteiger partial charge in [0.05, 0.1) is 0 Å². The van der Waals surface area contributed by atoms with Crippen molar-refractivity contribution in [1.82, 2.24) is 0 Å². The Bertz CT molecular complexity index is 347. The fraction of sp³-hybridized carbons (Fsp3) is 0.154. The van der Waals surface area contributed by atoms with Gasteiger partial charge in [0, 0.05) is 24.3 Å². The first-order valence-electron chi connectivity index (χ1n) is 4.84. The largest absolute Gasteiger partial charge is 0.364 e. The first-order chi connectivity index (χ1) is 7.33. The van der Waals surface area contributed by atoms with Crippen molar-refractivity contribution in [2.24, 2.45) is 0 Å². The molecule has 0 amide bonds. The number of carbonyl (C=O) groups excluding carboxylic acids is 1. The molecule has 0 bridgehead atoms. The van der Waals surface area contributed by atoms with E-state index >= 15 is 0 Å². The lowest BCUT2D eigenvalue weighted by atomic mass is 10.1. The summed E-state index contributed by atoms with van der Waals surface area (Å²) in [5.74, 6) is 0. The molecule has 0 fully saturated rings. The van der Waals surface area contributed by atoms with E-state index in [1.165, 1.54) is 0 Å². The molecule has 0 unspecified atom stereocenters. The third-order valence-electron chi connectivity index (χ3n) is 2.10. The topological polar surface area (TPSA) is 20.3 Å². The van der Waals surface area contributed by atoms with Crippen LogP contribution < -0.4 is 4.90 Å². The second-order valence-electron chi connectivity index (χ2n) is 3.16. The standard InChI is InChI=1S/C13H15NO/c1-3-9-14(10-4-2)13-8-6-5-7-12(13)11-15/h3-8,11H,1-2,9-10H2. The average molecular weight is 201 g/mol. The predicted molar refractivity (Wildman–Crippen MR) is 64.4 cm³/mol. The third-order valence-corrected chi connectivity index (χ3v) is 2.10. The van der Waals surface area contributed by atoms with Crippen LogP contribution in [0.2, 0.25) is 0 Å². The number of benzene rings is 1. The van der Waals surface area contributed by atoms with Crippen LogP contribution in [0.3, 0.4) is 0 Å². The van der Waals surface area contributed by atoms with E-state index in [1.54, 1.807) is 0 Å². The number of para-hydroxylation sites is 1. The molecule has 0 heterocycles. The summed E-state index contributed by atoms with van der Waals surface area (Å²) in [4.78, 5) is 12.9. The Hall–Kier alpha value is -1.83. The molecule has 15 heavy (non-hydrogen) atoms. The van der Waals surface area contributed by atoms with Gasteiger partial charge >= 0.3 is 0 Å². The molecule has 0 saturated heterocycles.